The topological polar surface area (TPSA) is 37.6 Å². The van der Waals surface area contributed by atoms with E-state index in [1.165, 1.54) is 19.2 Å². The van der Waals surface area contributed by atoms with Crippen molar-refractivity contribution in [3.05, 3.63) is 59.4 Å². The fourth-order valence-corrected chi connectivity index (χ4v) is 2.49. The lowest BCUT2D eigenvalue weighted by Crippen LogP contribution is -2.24. The molecule has 0 atom stereocenters. The minimum absolute atomic E-state index is 0.157. The highest BCUT2D eigenvalue weighted by Crippen LogP contribution is 2.26. The average Bonchev–Trinajstić information content (AvgIpc) is 2.97. The second-order valence-corrected chi connectivity index (χ2v) is 5.55. The molecular formula is C19H21N3O. The summed E-state index contributed by atoms with van der Waals surface area (Å²) in [5.74, 6) is -0.561. The van der Waals surface area contributed by atoms with Gasteiger partial charge >= 0.3 is 0 Å². The number of aryl methyl sites for hydroxylation is 2. The molecule has 0 saturated carbocycles. The number of aromatic nitrogens is 2. The van der Waals surface area contributed by atoms with E-state index in [4.69, 9.17) is 8.22 Å². The smallest absolute Gasteiger partial charge is 0.228 e. The van der Waals surface area contributed by atoms with Crippen LogP contribution in [0.5, 0.6) is 0 Å². The zero-order valence-corrected chi connectivity index (χ0v) is 13.0. The molecule has 0 aliphatic heterocycles. The third-order valence-electron chi connectivity index (χ3n) is 3.72. The van der Waals surface area contributed by atoms with Gasteiger partial charge in [-0.3, -0.25) is 4.79 Å². The molecule has 0 unspecified atom stereocenters. The van der Waals surface area contributed by atoms with E-state index in [1.807, 2.05) is 25.3 Å². The summed E-state index contributed by atoms with van der Waals surface area (Å²) in [5.41, 5.74) is 3.49. The summed E-state index contributed by atoms with van der Waals surface area (Å²) >= 11 is 0. The molecule has 2 heterocycles. The average molecular weight is 313 g/mol. The van der Waals surface area contributed by atoms with Gasteiger partial charge in [-0.15, -0.1) is 0 Å². The Morgan fingerprint density at radius 1 is 1.22 bits per heavy atom. The Balaban J connectivity index is 2.10. The predicted molar refractivity (Wildman–Crippen MR) is 92.5 cm³/mol. The number of amides is 1. The van der Waals surface area contributed by atoms with Crippen molar-refractivity contribution >= 4 is 11.6 Å². The van der Waals surface area contributed by atoms with Crippen LogP contribution in [0.15, 0.2) is 42.6 Å². The summed E-state index contributed by atoms with van der Waals surface area (Å²) in [5, 5.41) is 0. The summed E-state index contributed by atoms with van der Waals surface area (Å²) in [7, 11) is 1.24. The number of hydrogen-bond donors (Lipinski definition) is 0. The van der Waals surface area contributed by atoms with Gasteiger partial charge in [0.1, 0.15) is 5.65 Å². The summed E-state index contributed by atoms with van der Waals surface area (Å²) in [6.45, 7) is -2.84. The van der Waals surface area contributed by atoms with E-state index in [0.29, 0.717) is 22.6 Å². The number of carbonyl (C=O) groups is 1. The van der Waals surface area contributed by atoms with Crippen molar-refractivity contribution in [3.8, 4) is 11.3 Å². The monoisotopic (exact) mass is 313 g/mol. The maximum absolute atomic E-state index is 12.6. The lowest BCUT2D eigenvalue weighted by Gasteiger charge is -2.11. The molecule has 23 heavy (non-hydrogen) atoms. The SMILES string of the molecule is [2H]C([2H])([2H])c1ccc(-c2nc3ccc(C)cn3c2CC(=O)N(C)C([2H])([2H])[2H])cc1. The first kappa shape index (κ1) is 9.50. The molecule has 3 rings (SSSR count). The molecule has 4 heteroatoms. The third kappa shape index (κ3) is 2.97. The Morgan fingerprint density at radius 3 is 2.65 bits per heavy atom. The highest BCUT2D eigenvalue weighted by molar-refractivity contribution is 5.81. The van der Waals surface area contributed by atoms with Crippen molar-refractivity contribution < 1.29 is 13.0 Å². The number of nitrogens with zero attached hydrogens (tertiary/aromatic N) is 3. The second kappa shape index (κ2) is 5.88. The van der Waals surface area contributed by atoms with Crippen LogP contribution in [0.2, 0.25) is 0 Å². The molecule has 0 fully saturated rings. The second-order valence-electron chi connectivity index (χ2n) is 5.55. The number of benzene rings is 1. The number of pyridine rings is 1. The van der Waals surface area contributed by atoms with Crippen LogP contribution in [0.25, 0.3) is 16.9 Å². The minimum Gasteiger partial charge on any atom is -0.348 e. The molecule has 3 aromatic rings. The van der Waals surface area contributed by atoms with Crippen LogP contribution in [0.1, 0.15) is 25.0 Å². The molecule has 0 spiro atoms. The molecule has 0 saturated heterocycles. The van der Waals surface area contributed by atoms with E-state index in [2.05, 4.69) is 4.98 Å². The largest absolute Gasteiger partial charge is 0.348 e. The minimum atomic E-state index is -2.53. The van der Waals surface area contributed by atoms with Gasteiger partial charge in [0, 0.05) is 34.0 Å². The van der Waals surface area contributed by atoms with Crippen molar-refractivity contribution in [2.24, 2.45) is 0 Å². The number of imidazole rings is 1. The molecule has 118 valence electrons. The lowest BCUT2D eigenvalue weighted by molar-refractivity contribution is -0.128. The molecule has 0 aliphatic rings. The predicted octanol–water partition coefficient (Wildman–Crippen LogP) is 3.25. The van der Waals surface area contributed by atoms with E-state index >= 15 is 0 Å². The summed E-state index contributed by atoms with van der Waals surface area (Å²) in [6.07, 6.45) is 1.68. The van der Waals surface area contributed by atoms with E-state index in [9.17, 15) is 4.79 Å². The number of carbonyl (C=O) groups excluding carboxylic acids is 1. The Labute approximate surface area is 144 Å². The molecule has 0 bridgehead atoms. The first-order chi connectivity index (χ1) is 13.4. The van der Waals surface area contributed by atoms with E-state index in [1.54, 1.807) is 16.5 Å². The van der Waals surface area contributed by atoms with Gasteiger partial charge in [-0.05, 0) is 25.4 Å². The molecule has 0 aliphatic carbocycles. The van der Waals surface area contributed by atoms with Crippen LogP contribution >= 0.6 is 0 Å². The molecule has 0 radical (unpaired) electrons. The summed E-state index contributed by atoms with van der Waals surface area (Å²) in [6, 6.07) is 10.0. The molecule has 1 aromatic carbocycles. The standard InChI is InChI=1S/C19H21N3O/c1-13-5-8-15(9-6-13)19-16(11-18(23)21(3)4)22-12-14(2)7-10-17(22)20-19/h5-10,12H,11H2,1-4H3/i1D3,3D3. The maximum Gasteiger partial charge on any atom is 0.228 e. The third-order valence-corrected chi connectivity index (χ3v) is 3.72. The Kier molecular flexibility index (Phi) is 2.43. The normalized spacial score (nSPS) is 15.9. The van der Waals surface area contributed by atoms with Crippen molar-refractivity contribution in [2.45, 2.75) is 20.2 Å². The Bertz CT molecular complexity index is 1050. The van der Waals surface area contributed by atoms with E-state index in [0.717, 1.165) is 10.5 Å². The van der Waals surface area contributed by atoms with Gasteiger partial charge in [0.15, 0.2) is 0 Å². The zero-order valence-electron chi connectivity index (χ0n) is 19.0. The number of rotatable bonds is 3. The van der Waals surface area contributed by atoms with Crippen LogP contribution in [0.3, 0.4) is 0 Å². The van der Waals surface area contributed by atoms with Crippen LogP contribution in [-0.4, -0.2) is 34.2 Å². The number of hydrogen-bond acceptors (Lipinski definition) is 2. The lowest BCUT2D eigenvalue weighted by atomic mass is 10.1. The zero-order chi connectivity index (χ0) is 21.6. The summed E-state index contributed by atoms with van der Waals surface area (Å²) in [4.78, 5) is 17.9. The highest BCUT2D eigenvalue weighted by Gasteiger charge is 2.18. The van der Waals surface area contributed by atoms with Crippen molar-refractivity contribution in [1.82, 2.24) is 14.3 Å². The molecule has 1 amide bonds. The number of likely N-dealkylation sites (N-methyl/N-ethyl adjacent to an activating group) is 1. The highest BCUT2D eigenvalue weighted by atomic mass is 16.2. The fourth-order valence-electron chi connectivity index (χ4n) is 2.49. The molecular weight excluding hydrogens is 286 g/mol. The van der Waals surface area contributed by atoms with Gasteiger partial charge in [-0.2, -0.15) is 0 Å². The van der Waals surface area contributed by atoms with Crippen molar-refractivity contribution in [3.63, 3.8) is 0 Å². The first-order valence-corrected chi connectivity index (χ1v) is 7.23. The van der Waals surface area contributed by atoms with Gasteiger partial charge < -0.3 is 9.30 Å². The Hall–Kier alpha value is -2.62. The molecule has 0 N–H and O–H groups in total. The van der Waals surface area contributed by atoms with Crippen LogP contribution in [0, 0.1) is 13.8 Å². The molecule has 4 nitrogen and oxygen atoms in total. The van der Waals surface area contributed by atoms with Gasteiger partial charge in [0.25, 0.3) is 0 Å². The summed E-state index contributed by atoms with van der Waals surface area (Å²) < 4.78 is 46.7. The van der Waals surface area contributed by atoms with Crippen molar-refractivity contribution in [1.29, 1.82) is 0 Å². The van der Waals surface area contributed by atoms with Gasteiger partial charge in [0.2, 0.25) is 5.91 Å². The number of fused-ring (bicyclic) bond motifs is 1. The fraction of sp³-hybridized carbons (Fsp3) is 0.263. The van der Waals surface area contributed by atoms with E-state index < -0.39 is 19.7 Å². The Morgan fingerprint density at radius 2 is 1.96 bits per heavy atom. The maximum atomic E-state index is 12.6. The van der Waals surface area contributed by atoms with Gasteiger partial charge in [0.05, 0.1) is 17.8 Å². The van der Waals surface area contributed by atoms with Crippen LogP contribution in [0.4, 0.5) is 0 Å². The van der Waals surface area contributed by atoms with Crippen LogP contribution < -0.4 is 0 Å². The van der Waals surface area contributed by atoms with Crippen molar-refractivity contribution in [2.75, 3.05) is 14.0 Å². The first-order valence-electron chi connectivity index (χ1n) is 10.2. The molecule has 2 aromatic heterocycles. The van der Waals surface area contributed by atoms with Gasteiger partial charge in [-0.25, -0.2) is 4.98 Å². The quantitative estimate of drug-likeness (QED) is 0.744. The van der Waals surface area contributed by atoms with Crippen LogP contribution in [-0.2, 0) is 11.2 Å². The van der Waals surface area contributed by atoms with E-state index in [-0.39, 0.29) is 12.0 Å². The van der Waals surface area contributed by atoms with Gasteiger partial charge in [-0.1, -0.05) is 35.9 Å².